The van der Waals surface area contributed by atoms with Gasteiger partial charge in [-0.25, -0.2) is 0 Å². The number of carbonyl (C=O) groups excluding carboxylic acids is 1. The van der Waals surface area contributed by atoms with Gasteiger partial charge in [0.15, 0.2) is 12.6 Å². The average molecular weight is 1040 g/mol. The van der Waals surface area contributed by atoms with Gasteiger partial charge in [-0.05, 0) is 77.0 Å². The number of hydrogen-bond donors (Lipinski definition) is 7. The van der Waals surface area contributed by atoms with E-state index >= 15 is 0 Å². The summed E-state index contributed by atoms with van der Waals surface area (Å²) in [6.07, 6.45) is 40.1. The molecule has 0 aliphatic carbocycles. The van der Waals surface area contributed by atoms with E-state index in [2.05, 4.69) is 74.6 Å². The summed E-state index contributed by atoms with van der Waals surface area (Å²) in [4.78, 5) is 13.0. The molecule has 73 heavy (non-hydrogen) atoms. The van der Waals surface area contributed by atoms with Gasteiger partial charge in [-0.15, -0.1) is 0 Å². The molecule has 0 bridgehead atoms. The molecule has 2 saturated heterocycles. The highest BCUT2D eigenvalue weighted by Gasteiger charge is 2.47. The van der Waals surface area contributed by atoms with E-state index < -0.39 is 86.7 Å². The minimum Gasteiger partial charge on any atom is -0.457 e. The molecule has 0 radical (unpaired) electrons. The maximum Gasteiger partial charge on any atom is 0.306 e. The van der Waals surface area contributed by atoms with Crippen molar-refractivity contribution in [1.29, 1.82) is 0 Å². The molecule has 0 aromatic heterocycles. The third kappa shape index (κ3) is 32.8. The Balaban J connectivity index is 1.68. The standard InChI is InChI=1S/C59H104O14/c1-3-5-7-9-11-13-15-17-18-19-20-21-22-23-24-25-26-27-28-29-31-33-35-37-39-41-43-68-45-48(71-51(61)42-40-38-36-34-32-30-16-14-12-10-8-6-4-2)46-69-58-57(67)55(65)53(63)50(73-58)47-70-59-56(66)54(64)52(62)49(44-60)72-59/h6,8,12,14-15,17,19-20,30,32,48-50,52-60,62-67H,3-5,7,9-11,13,16,18,21-29,31,33-47H2,1-2H3/b8-6-,14-12-,17-15-,20-19-,32-30-. The molecule has 2 heterocycles. The molecule has 14 heteroatoms. The Hall–Kier alpha value is -2.31. The fourth-order valence-electron chi connectivity index (χ4n) is 8.86. The number of hydrogen-bond acceptors (Lipinski definition) is 14. The largest absolute Gasteiger partial charge is 0.457 e. The summed E-state index contributed by atoms with van der Waals surface area (Å²) in [5, 5.41) is 72.2. The minimum atomic E-state index is -1.71. The number of allylic oxidation sites excluding steroid dienone is 10. The van der Waals surface area contributed by atoms with Crippen LogP contribution < -0.4 is 0 Å². The van der Waals surface area contributed by atoms with Crippen molar-refractivity contribution in [2.75, 3.05) is 33.0 Å². The molecule has 2 rings (SSSR count). The van der Waals surface area contributed by atoms with Crippen molar-refractivity contribution in [3.63, 3.8) is 0 Å². The van der Waals surface area contributed by atoms with Crippen molar-refractivity contribution in [1.82, 2.24) is 0 Å². The van der Waals surface area contributed by atoms with Crippen LogP contribution in [0.2, 0.25) is 0 Å². The highest BCUT2D eigenvalue weighted by atomic mass is 16.7. The molecule has 14 nitrogen and oxygen atoms in total. The summed E-state index contributed by atoms with van der Waals surface area (Å²) in [5.41, 5.74) is 0. The summed E-state index contributed by atoms with van der Waals surface area (Å²) in [6, 6.07) is 0. The zero-order valence-electron chi connectivity index (χ0n) is 45.4. The second kappa shape index (κ2) is 45.8. The van der Waals surface area contributed by atoms with Crippen molar-refractivity contribution < 1.29 is 69.0 Å². The van der Waals surface area contributed by atoms with Gasteiger partial charge in [-0.3, -0.25) is 4.79 Å². The normalized spacial score (nSPS) is 25.4. The lowest BCUT2D eigenvalue weighted by atomic mass is 9.98. The second-order valence-corrected chi connectivity index (χ2v) is 20.1. The predicted octanol–water partition coefficient (Wildman–Crippen LogP) is 10.1. The molecule has 0 aromatic carbocycles. The molecule has 424 valence electrons. The van der Waals surface area contributed by atoms with Gasteiger partial charge in [0, 0.05) is 13.0 Å². The van der Waals surface area contributed by atoms with E-state index in [1.807, 2.05) is 0 Å². The first-order chi connectivity index (χ1) is 35.6. The topological polar surface area (TPSA) is 214 Å². The SMILES string of the molecule is CC/C=C\C/C=C\C/C=C\CCCCCC(=O)OC(COCCCCCCCCCCCCCCCC/C=C\C/C=C\CCCCCCC)COC1OC(COC2OC(CO)C(O)C(O)C2O)C(O)C(O)C1O. The van der Waals surface area contributed by atoms with Gasteiger partial charge in [0.2, 0.25) is 0 Å². The highest BCUT2D eigenvalue weighted by molar-refractivity contribution is 5.69. The predicted molar refractivity (Wildman–Crippen MR) is 289 cm³/mol. The molecule has 0 saturated carbocycles. The van der Waals surface area contributed by atoms with Crippen LogP contribution in [0.5, 0.6) is 0 Å². The molecule has 2 aliphatic rings. The van der Waals surface area contributed by atoms with Crippen molar-refractivity contribution in [3.8, 4) is 0 Å². The number of aliphatic hydroxyl groups excluding tert-OH is 7. The molecular formula is C59H104O14. The van der Waals surface area contributed by atoms with Crippen LogP contribution in [0.25, 0.3) is 0 Å². The van der Waals surface area contributed by atoms with Gasteiger partial charge < -0.3 is 64.2 Å². The molecule has 0 spiro atoms. The summed E-state index contributed by atoms with van der Waals surface area (Å²) < 4.78 is 34.3. The first-order valence-corrected chi connectivity index (χ1v) is 28.9. The molecule has 0 amide bonds. The monoisotopic (exact) mass is 1040 g/mol. The molecule has 0 aromatic rings. The fraction of sp³-hybridized carbons (Fsp3) is 0.814. The number of ether oxygens (including phenoxy) is 6. The van der Waals surface area contributed by atoms with E-state index in [1.54, 1.807) is 0 Å². The van der Waals surface area contributed by atoms with Gasteiger partial charge in [0.1, 0.15) is 54.9 Å². The third-order valence-corrected chi connectivity index (χ3v) is 13.5. The second-order valence-electron chi connectivity index (χ2n) is 20.1. The Morgan fingerprint density at radius 3 is 1.40 bits per heavy atom. The highest BCUT2D eigenvalue weighted by Crippen LogP contribution is 2.26. The first kappa shape index (κ1) is 66.8. The third-order valence-electron chi connectivity index (χ3n) is 13.5. The van der Waals surface area contributed by atoms with Crippen molar-refractivity contribution in [3.05, 3.63) is 60.8 Å². The van der Waals surface area contributed by atoms with Crippen LogP contribution >= 0.6 is 0 Å². The van der Waals surface area contributed by atoms with E-state index in [0.717, 1.165) is 64.2 Å². The Kier molecular flexibility index (Phi) is 42.0. The van der Waals surface area contributed by atoms with E-state index in [0.29, 0.717) is 13.0 Å². The van der Waals surface area contributed by atoms with Gasteiger partial charge >= 0.3 is 5.97 Å². The molecule has 11 unspecified atom stereocenters. The number of carbonyl (C=O) groups is 1. The Labute approximate surface area is 441 Å². The number of esters is 1. The van der Waals surface area contributed by atoms with E-state index in [-0.39, 0.29) is 19.6 Å². The van der Waals surface area contributed by atoms with Gasteiger partial charge in [-0.2, -0.15) is 0 Å². The van der Waals surface area contributed by atoms with Crippen molar-refractivity contribution >= 4 is 5.97 Å². The molecule has 7 N–H and O–H groups in total. The van der Waals surface area contributed by atoms with Gasteiger partial charge in [0.25, 0.3) is 0 Å². The lowest BCUT2D eigenvalue weighted by molar-refractivity contribution is -0.332. The van der Waals surface area contributed by atoms with Crippen LogP contribution in [0.3, 0.4) is 0 Å². The van der Waals surface area contributed by atoms with Crippen LogP contribution in [0.4, 0.5) is 0 Å². The first-order valence-electron chi connectivity index (χ1n) is 28.9. The maximum absolute atomic E-state index is 13.0. The lowest BCUT2D eigenvalue weighted by Crippen LogP contribution is -2.61. The summed E-state index contributed by atoms with van der Waals surface area (Å²) in [5.74, 6) is -0.405. The van der Waals surface area contributed by atoms with Crippen LogP contribution in [-0.4, -0.2) is 142 Å². The molecule has 2 aliphatic heterocycles. The Bertz CT molecular complexity index is 1440. The quantitative estimate of drug-likeness (QED) is 0.0172. The van der Waals surface area contributed by atoms with Crippen LogP contribution in [0.1, 0.15) is 206 Å². The van der Waals surface area contributed by atoms with Crippen LogP contribution in [0, 0.1) is 0 Å². The summed E-state index contributed by atoms with van der Waals surface area (Å²) in [7, 11) is 0. The maximum atomic E-state index is 13.0. The molecular weight excluding hydrogens is 933 g/mol. The smallest absolute Gasteiger partial charge is 0.306 e. The zero-order valence-corrected chi connectivity index (χ0v) is 45.4. The van der Waals surface area contributed by atoms with Crippen LogP contribution in [-0.2, 0) is 33.2 Å². The fourth-order valence-corrected chi connectivity index (χ4v) is 8.86. The number of rotatable bonds is 46. The molecule has 11 atom stereocenters. The van der Waals surface area contributed by atoms with E-state index in [1.165, 1.54) is 116 Å². The number of unbranched alkanes of at least 4 members (excludes halogenated alkanes) is 22. The molecule has 2 fully saturated rings. The number of aliphatic hydroxyl groups is 7. The Morgan fingerprint density at radius 1 is 0.466 bits per heavy atom. The van der Waals surface area contributed by atoms with Gasteiger partial charge in [0.05, 0.1) is 26.4 Å². The van der Waals surface area contributed by atoms with E-state index in [9.17, 15) is 40.5 Å². The zero-order chi connectivity index (χ0) is 53.0. The Morgan fingerprint density at radius 2 is 0.890 bits per heavy atom. The minimum absolute atomic E-state index is 0.0479. The summed E-state index contributed by atoms with van der Waals surface area (Å²) in [6.45, 7) is 3.53. The van der Waals surface area contributed by atoms with Crippen molar-refractivity contribution in [2.45, 2.75) is 274 Å². The van der Waals surface area contributed by atoms with Gasteiger partial charge in [-0.1, -0.05) is 184 Å². The van der Waals surface area contributed by atoms with Crippen molar-refractivity contribution in [2.24, 2.45) is 0 Å². The lowest BCUT2D eigenvalue weighted by Gasteiger charge is -2.42. The average Bonchev–Trinajstić information content (AvgIpc) is 3.39. The van der Waals surface area contributed by atoms with E-state index in [4.69, 9.17) is 28.4 Å². The van der Waals surface area contributed by atoms with Crippen LogP contribution in [0.15, 0.2) is 60.8 Å². The summed E-state index contributed by atoms with van der Waals surface area (Å²) >= 11 is 0.